The Bertz CT molecular complexity index is 1080. The Morgan fingerprint density at radius 1 is 1.11 bits per heavy atom. The molecule has 0 bridgehead atoms. The summed E-state index contributed by atoms with van der Waals surface area (Å²) in [6.07, 6.45) is 7.21. The van der Waals surface area contributed by atoms with Crippen LogP contribution in [0.2, 0.25) is 0 Å². The van der Waals surface area contributed by atoms with E-state index in [1.54, 1.807) is 0 Å². The number of nitrogens with zero attached hydrogens (tertiary/aromatic N) is 3. The SMILES string of the molecule is O=C(CNc1ncnc2ccc(C(F)(F)F)cc12)NC1CN([C@H]2CC[C@@H](C3CC=CCO3)CC2)C1. The topological polar surface area (TPSA) is 79.4 Å². The first kappa shape index (κ1) is 24.0. The Morgan fingerprint density at radius 2 is 1.91 bits per heavy atom. The predicted octanol–water partition coefficient (Wildman–Crippen LogP) is 3.76. The Labute approximate surface area is 202 Å². The van der Waals surface area contributed by atoms with Crippen LogP contribution in [0.5, 0.6) is 0 Å². The molecule has 3 heterocycles. The molecular weight excluding hydrogens is 459 g/mol. The zero-order valence-corrected chi connectivity index (χ0v) is 19.4. The van der Waals surface area contributed by atoms with Gasteiger partial charge < -0.3 is 15.4 Å². The lowest BCUT2D eigenvalue weighted by atomic mass is 9.80. The molecule has 5 rings (SSSR count). The molecule has 1 saturated carbocycles. The molecule has 1 aliphatic carbocycles. The number of benzene rings is 1. The van der Waals surface area contributed by atoms with Crippen LogP contribution in [0, 0.1) is 5.92 Å². The van der Waals surface area contributed by atoms with Gasteiger partial charge in [-0.1, -0.05) is 12.2 Å². The first-order valence-electron chi connectivity index (χ1n) is 12.2. The van der Waals surface area contributed by atoms with Crippen LogP contribution < -0.4 is 10.6 Å². The molecule has 1 unspecified atom stereocenters. The fraction of sp³-hybridized carbons (Fsp3) is 0.560. The van der Waals surface area contributed by atoms with Gasteiger partial charge in [0.05, 0.1) is 36.4 Å². The van der Waals surface area contributed by atoms with E-state index in [9.17, 15) is 18.0 Å². The van der Waals surface area contributed by atoms with Crippen LogP contribution in [0.3, 0.4) is 0 Å². The highest BCUT2D eigenvalue weighted by molar-refractivity contribution is 5.91. The van der Waals surface area contributed by atoms with Gasteiger partial charge >= 0.3 is 6.18 Å². The maximum Gasteiger partial charge on any atom is 0.416 e. The van der Waals surface area contributed by atoms with Crippen molar-refractivity contribution in [3.05, 3.63) is 42.2 Å². The molecule has 0 spiro atoms. The molecule has 1 atom stereocenters. The Kier molecular flexibility index (Phi) is 6.93. The second kappa shape index (κ2) is 10.1. The van der Waals surface area contributed by atoms with Crippen LogP contribution in [0.4, 0.5) is 19.0 Å². The summed E-state index contributed by atoms with van der Waals surface area (Å²) in [5.41, 5.74) is -0.397. The lowest BCUT2D eigenvalue weighted by Crippen LogP contribution is -2.63. The number of rotatable bonds is 6. The smallest absolute Gasteiger partial charge is 0.374 e. The molecule has 3 aliphatic rings. The first-order chi connectivity index (χ1) is 16.9. The number of carbonyl (C=O) groups excluding carboxylic acids is 1. The number of hydrogen-bond acceptors (Lipinski definition) is 6. The summed E-state index contributed by atoms with van der Waals surface area (Å²) in [5.74, 6) is 0.643. The number of alkyl halides is 3. The fourth-order valence-electron chi connectivity index (χ4n) is 5.43. The van der Waals surface area contributed by atoms with Gasteiger partial charge in [-0.05, 0) is 56.2 Å². The third-order valence-corrected chi connectivity index (χ3v) is 7.38. The third kappa shape index (κ3) is 5.59. The van der Waals surface area contributed by atoms with Crippen LogP contribution in [0.1, 0.15) is 37.7 Å². The van der Waals surface area contributed by atoms with Crippen LogP contribution in [-0.4, -0.2) is 65.2 Å². The summed E-state index contributed by atoms with van der Waals surface area (Å²) in [6.45, 7) is 2.32. The Hall–Kier alpha value is -2.72. The number of aromatic nitrogens is 2. The maximum atomic E-state index is 13.1. The van der Waals surface area contributed by atoms with Crippen molar-refractivity contribution in [3.8, 4) is 0 Å². The van der Waals surface area contributed by atoms with Gasteiger partial charge in [0, 0.05) is 24.5 Å². The molecule has 188 valence electrons. The molecule has 1 aromatic heterocycles. The number of ether oxygens (including phenoxy) is 1. The zero-order chi connectivity index (χ0) is 24.4. The summed E-state index contributed by atoms with van der Waals surface area (Å²) in [7, 11) is 0. The van der Waals surface area contributed by atoms with Crippen molar-refractivity contribution in [2.45, 2.75) is 56.5 Å². The standard InChI is InChI=1S/C25H30F3N5O2/c26-25(27,28)17-6-9-21-20(11-17)24(31-15-30-21)29-12-23(34)32-18-13-33(14-18)19-7-4-16(5-8-19)22-3-1-2-10-35-22/h1-2,6,9,11,15-16,18-19,22H,3-5,7-8,10,12-14H2,(H,32,34)(H,29,30,31)/t16-,19+,22?. The van der Waals surface area contributed by atoms with E-state index in [2.05, 4.69) is 37.7 Å². The van der Waals surface area contributed by atoms with E-state index in [0.29, 0.717) is 23.6 Å². The average Bonchev–Trinajstić information content (AvgIpc) is 2.84. The summed E-state index contributed by atoms with van der Waals surface area (Å²) < 4.78 is 45.2. The molecule has 1 aromatic carbocycles. The quantitative estimate of drug-likeness (QED) is 0.602. The van der Waals surface area contributed by atoms with Gasteiger partial charge in [0.15, 0.2) is 0 Å². The summed E-state index contributed by atoms with van der Waals surface area (Å²) in [5, 5.41) is 6.11. The second-order valence-corrected chi connectivity index (χ2v) is 9.67. The summed E-state index contributed by atoms with van der Waals surface area (Å²) >= 11 is 0. The molecule has 2 N–H and O–H groups in total. The van der Waals surface area contributed by atoms with Crippen molar-refractivity contribution in [2.75, 3.05) is 31.6 Å². The van der Waals surface area contributed by atoms with E-state index in [0.717, 1.165) is 51.1 Å². The molecular formula is C25H30F3N5O2. The predicted molar refractivity (Wildman–Crippen MR) is 126 cm³/mol. The number of likely N-dealkylation sites (tertiary alicyclic amines) is 1. The minimum Gasteiger partial charge on any atom is -0.374 e. The molecule has 2 aromatic rings. The second-order valence-electron chi connectivity index (χ2n) is 9.67. The van der Waals surface area contributed by atoms with E-state index < -0.39 is 11.7 Å². The van der Waals surface area contributed by atoms with Crippen LogP contribution in [0.25, 0.3) is 10.9 Å². The molecule has 2 aliphatic heterocycles. The van der Waals surface area contributed by atoms with E-state index in [-0.39, 0.29) is 29.7 Å². The average molecular weight is 490 g/mol. The van der Waals surface area contributed by atoms with Gasteiger partial charge in [-0.25, -0.2) is 9.97 Å². The van der Waals surface area contributed by atoms with Crippen molar-refractivity contribution in [3.63, 3.8) is 0 Å². The highest BCUT2D eigenvalue weighted by atomic mass is 19.4. The molecule has 10 heteroatoms. The minimum atomic E-state index is -4.46. The van der Waals surface area contributed by atoms with Crippen molar-refractivity contribution in [1.82, 2.24) is 20.2 Å². The van der Waals surface area contributed by atoms with Gasteiger partial charge in [-0.15, -0.1) is 0 Å². The first-order valence-corrected chi connectivity index (χ1v) is 12.2. The molecule has 2 fully saturated rings. The number of fused-ring (bicyclic) bond motifs is 1. The third-order valence-electron chi connectivity index (χ3n) is 7.38. The van der Waals surface area contributed by atoms with E-state index >= 15 is 0 Å². The lowest BCUT2D eigenvalue weighted by Gasteiger charge is -2.47. The number of anilines is 1. The van der Waals surface area contributed by atoms with Crippen LogP contribution in [-0.2, 0) is 15.7 Å². The van der Waals surface area contributed by atoms with Gasteiger partial charge in [-0.2, -0.15) is 13.2 Å². The Morgan fingerprint density at radius 3 is 2.63 bits per heavy atom. The van der Waals surface area contributed by atoms with Crippen molar-refractivity contribution >= 4 is 22.6 Å². The number of amides is 1. The zero-order valence-electron chi connectivity index (χ0n) is 19.4. The monoisotopic (exact) mass is 489 g/mol. The number of carbonyl (C=O) groups is 1. The fourth-order valence-corrected chi connectivity index (χ4v) is 5.43. The maximum absolute atomic E-state index is 13.1. The lowest BCUT2D eigenvalue weighted by molar-refractivity contribution is -0.137. The largest absolute Gasteiger partial charge is 0.416 e. The van der Waals surface area contributed by atoms with Gasteiger partial charge in [-0.3, -0.25) is 9.69 Å². The van der Waals surface area contributed by atoms with Crippen molar-refractivity contribution in [2.24, 2.45) is 5.92 Å². The van der Waals surface area contributed by atoms with Gasteiger partial charge in [0.1, 0.15) is 12.1 Å². The highest BCUT2D eigenvalue weighted by Gasteiger charge is 2.37. The van der Waals surface area contributed by atoms with E-state index in [4.69, 9.17) is 4.74 Å². The minimum absolute atomic E-state index is 0.0696. The molecule has 35 heavy (non-hydrogen) atoms. The summed E-state index contributed by atoms with van der Waals surface area (Å²) in [6, 6.07) is 3.95. The Balaban J connectivity index is 1.07. The summed E-state index contributed by atoms with van der Waals surface area (Å²) in [4.78, 5) is 22.9. The van der Waals surface area contributed by atoms with Crippen LogP contribution >= 0.6 is 0 Å². The molecule has 1 saturated heterocycles. The van der Waals surface area contributed by atoms with E-state index in [1.165, 1.54) is 25.2 Å². The number of halogens is 3. The van der Waals surface area contributed by atoms with Crippen molar-refractivity contribution in [1.29, 1.82) is 0 Å². The van der Waals surface area contributed by atoms with Crippen molar-refractivity contribution < 1.29 is 22.7 Å². The van der Waals surface area contributed by atoms with Gasteiger partial charge in [0.2, 0.25) is 5.91 Å². The highest BCUT2D eigenvalue weighted by Crippen LogP contribution is 2.35. The van der Waals surface area contributed by atoms with Gasteiger partial charge in [0.25, 0.3) is 0 Å². The molecule has 7 nitrogen and oxygen atoms in total. The normalized spacial score (nSPS) is 25.9. The molecule has 1 amide bonds. The van der Waals surface area contributed by atoms with Crippen LogP contribution in [0.15, 0.2) is 36.7 Å². The number of nitrogens with one attached hydrogen (secondary N) is 2. The van der Waals surface area contributed by atoms with E-state index in [1.807, 2.05) is 0 Å². The molecule has 0 radical (unpaired) electrons. The number of hydrogen-bond donors (Lipinski definition) is 2.